The molecule has 1 aromatic heterocycles. The predicted octanol–water partition coefficient (Wildman–Crippen LogP) is 2.92. The first-order valence-electron chi connectivity index (χ1n) is 7.84. The fourth-order valence-corrected chi connectivity index (χ4v) is 2.75. The van der Waals surface area contributed by atoms with E-state index in [9.17, 15) is 0 Å². The number of hydrogen-bond donors (Lipinski definition) is 1. The minimum atomic E-state index is 0.504. The second-order valence-corrected chi connectivity index (χ2v) is 5.54. The van der Waals surface area contributed by atoms with Crippen LogP contribution in [0.1, 0.15) is 31.4 Å². The number of nitrogens with zero attached hydrogens (tertiary/aromatic N) is 2. The lowest BCUT2D eigenvalue weighted by molar-refractivity contribution is 0.0602. The molecule has 2 aromatic rings. The molecule has 0 aliphatic heterocycles. The summed E-state index contributed by atoms with van der Waals surface area (Å²) >= 11 is 0. The summed E-state index contributed by atoms with van der Waals surface area (Å²) in [6, 6.07) is 12.2. The normalized spacial score (nSPS) is 15.6. The molecule has 4 heteroatoms. The molecule has 1 aliphatic carbocycles. The van der Waals surface area contributed by atoms with E-state index in [0.717, 1.165) is 31.1 Å². The van der Waals surface area contributed by atoms with Gasteiger partial charge in [0, 0.05) is 19.3 Å². The predicted molar refractivity (Wildman–Crippen MR) is 83.5 cm³/mol. The highest BCUT2D eigenvalue weighted by molar-refractivity contribution is 5.30. The van der Waals surface area contributed by atoms with Crippen molar-refractivity contribution in [2.24, 2.45) is 0 Å². The lowest BCUT2D eigenvalue weighted by Crippen LogP contribution is -2.22. The molecule has 0 bridgehead atoms. The molecule has 112 valence electrons. The summed E-state index contributed by atoms with van der Waals surface area (Å²) in [5.74, 6) is 0. The first-order valence-corrected chi connectivity index (χ1v) is 7.84. The largest absolute Gasteiger partial charge is 0.377 e. The van der Waals surface area contributed by atoms with E-state index in [4.69, 9.17) is 4.74 Å². The zero-order valence-corrected chi connectivity index (χ0v) is 12.4. The van der Waals surface area contributed by atoms with Crippen molar-refractivity contribution in [2.45, 2.75) is 38.3 Å². The van der Waals surface area contributed by atoms with Crippen molar-refractivity contribution in [3.63, 3.8) is 0 Å². The van der Waals surface area contributed by atoms with Crippen molar-refractivity contribution < 1.29 is 4.74 Å². The molecule has 1 aromatic carbocycles. The molecular weight excluding hydrogens is 262 g/mol. The van der Waals surface area contributed by atoms with Crippen molar-refractivity contribution in [1.82, 2.24) is 15.1 Å². The molecule has 0 spiro atoms. The van der Waals surface area contributed by atoms with Crippen molar-refractivity contribution >= 4 is 0 Å². The van der Waals surface area contributed by atoms with Gasteiger partial charge in [0.2, 0.25) is 0 Å². The van der Waals surface area contributed by atoms with Crippen LogP contribution in [0.15, 0.2) is 42.6 Å². The summed E-state index contributed by atoms with van der Waals surface area (Å²) in [6.07, 6.45) is 7.64. The SMILES string of the molecule is c1ccc(-n2ccc(CNCCOC3CCCC3)n2)cc1. The van der Waals surface area contributed by atoms with Crippen LogP contribution in [0, 0.1) is 0 Å². The summed E-state index contributed by atoms with van der Waals surface area (Å²) < 4.78 is 7.74. The van der Waals surface area contributed by atoms with Crippen LogP contribution in [0.2, 0.25) is 0 Å². The molecule has 1 N–H and O–H groups in total. The third kappa shape index (κ3) is 4.16. The third-order valence-corrected chi connectivity index (χ3v) is 3.91. The number of rotatable bonds is 7. The average Bonchev–Trinajstić information content (AvgIpc) is 3.19. The third-order valence-electron chi connectivity index (χ3n) is 3.91. The molecule has 0 saturated heterocycles. The highest BCUT2D eigenvalue weighted by Crippen LogP contribution is 2.20. The van der Waals surface area contributed by atoms with E-state index in [2.05, 4.69) is 28.6 Å². The van der Waals surface area contributed by atoms with Gasteiger partial charge in [-0.3, -0.25) is 0 Å². The number of para-hydroxylation sites is 1. The Morgan fingerprint density at radius 2 is 1.95 bits per heavy atom. The number of hydrogen-bond acceptors (Lipinski definition) is 3. The lowest BCUT2D eigenvalue weighted by atomic mass is 10.3. The molecule has 3 rings (SSSR count). The quantitative estimate of drug-likeness (QED) is 0.795. The molecule has 0 atom stereocenters. The Morgan fingerprint density at radius 1 is 1.14 bits per heavy atom. The van der Waals surface area contributed by atoms with E-state index in [0.29, 0.717) is 6.10 Å². The van der Waals surface area contributed by atoms with Crippen LogP contribution in [-0.2, 0) is 11.3 Å². The highest BCUT2D eigenvalue weighted by atomic mass is 16.5. The topological polar surface area (TPSA) is 39.1 Å². The van der Waals surface area contributed by atoms with Crippen LogP contribution in [0.4, 0.5) is 0 Å². The number of ether oxygens (including phenoxy) is 1. The fraction of sp³-hybridized carbons (Fsp3) is 0.471. The van der Waals surface area contributed by atoms with Crippen LogP contribution in [0.25, 0.3) is 5.69 Å². The second kappa shape index (κ2) is 7.38. The van der Waals surface area contributed by atoms with Crippen LogP contribution >= 0.6 is 0 Å². The highest BCUT2D eigenvalue weighted by Gasteiger charge is 2.14. The molecule has 0 amide bonds. The van der Waals surface area contributed by atoms with E-state index in [1.165, 1.54) is 25.7 Å². The minimum absolute atomic E-state index is 0.504. The summed E-state index contributed by atoms with van der Waals surface area (Å²) in [5.41, 5.74) is 2.15. The Kier molecular flexibility index (Phi) is 5.03. The monoisotopic (exact) mass is 285 g/mol. The fourth-order valence-electron chi connectivity index (χ4n) is 2.75. The zero-order chi connectivity index (χ0) is 14.3. The van der Waals surface area contributed by atoms with Gasteiger partial charge in [-0.05, 0) is 31.0 Å². The van der Waals surface area contributed by atoms with E-state index >= 15 is 0 Å². The summed E-state index contributed by atoms with van der Waals surface area (Å²) in [7, 11) is 0. The Labute approximate surface area is 126 Å². The first-order chi connectivity index (χ1) is 10.4. The van der Waals surface area contributed by atoms with Crippen LogP contribution in [0.5, 0.6) is 0 Å². The van der Waals surface area contributed by atoms with Crippen molar-refractivity contribution in [3.05, 3.63) is 48.3 Å². The molecular formula is C17H23N3O. The zero-order valence-electron chi connectivity index (χ0n) is 12.4. The number of nitrogens with one attached hydrogen (secondary N) is 1. The first kappa shape index (κ1) is 14.3. The van der Waals surface area contributed by atoms with Gasteiger partial charge < -0.3 is 10.1 Å². The summed E-state index contributed by atoms with van der Waals surface area (Å²) in [6.45, 7) is 2.46. The van der Waals surface area contributed by atoms with Gasteiger partial charge in [0.05, 0.1) is 24.1 Å². The van der Waals surface area contributed by atoms with Gasteiger partial charge in [-0.15, -0.1) is 0 Å². The number of benzene rings is 1. The van der Waals surface area contributed by atoms with Crippen molar-refractivity contribution in [2.75, 3.05) is 13.2 Å². The van der Waals surface area contributed by atoms with Crippen LogP contribution in [0.3, 0.4) is 0 Å². The Hall–Kier alpha value is -1.65. The van der Waals surface area contributed by atoms with Crippen molar-refractivity contribution in [1.29, 1.82) is 0 Å². The molecule has 1 saturated carbocycles. The van der Waals surface area contributed by atoms with Crippen LogP contribution in [-0.4, -0.2) is 29.0 Å². The maximum Gasteiger partial charge on any atom is 0.0766 e. The minimum Gasteiger partial charge on any atom is -0.377 e. The molecule has 0 unspecified atom stereocenters. The van der Waals surface area contributed by atoms with Gasteiger partial charge in [-0.25, -0.2) is 4.68 Å². The molecule has 1 heterocycles. The van der Waals surface area contributed by atoms with Gasteiger partial charge in [-0.1, -0.05) is 31.0 Å². The van der Waals surface area contributed by atoms with Crippen LogP contribution < -0.4 is 5.32 Å². The van der Waals surface area contributed by atoms with E-state index in [1.807, 2.05) is 29.1 Å². The Bertz CT molecular complexity index is 532. The molecule has 1 aliphatic rings. The summed E-state index contributed by atoms with van der Waals surface area (Å²) in [4.78, 5) is 0. The van der Waals surface area contributed by atoms with E-state index < -0.39 is 0 Å². The smallest absolute Gasteiger partial charge is 0.0766 e. The van der Waals surface area contributed by atoms with E-state index in [1.54, 1.807) is 0 Å². The number of aromatic nitrogens is 2. The Balaban J connectivity index is 1.39. The van der Waals surface area contributed by atoms with Gasteiger partial charge in [0.25, 0.3) is 0 Å². The average molecular weight is 285 g/mol. The molecule has 4 nitrogen and oxygen atoms in total. The molecule has 0 radical (unpaired) electrons. The Morgan fingerprint density at radius 3 is 2.76 bits per heavy atom. The molecule has 21 heavy (non-hydrogen) atoms. The second-order valence-electron chi connectivity index (χ2n) is 5.54. The standard InChI is InChI=1S/C17H23N3O/c1-2-6-16(7-3-1)20-12-10-15(19-20)14-18-11-13-21-17-8-4-5-9-17/h1-3,6-7,10,12,17-18H,4-5,8-9,11,13-14H2. The maximum atomic E-state index is 5.83. The lowest BCUT2D eigenvalue weighted by Gasteiger charge is -2.10. The van der Waals surface area contributed by atoms with Gasteiger partial charge in [0.15, 0.2) is 0 Å². The van der Waals surface area contributed by atoms with Gasteiger partial charge >= 0.3 is 0 Å². The summed E-state index contributed by atoms with van der Waals surface area (Å²) in [5, 5.41) is 7.96. The van der Waals surface area contributed by atoms with Gasteiger partial charge in [-0.2, -0.15) is 5.10 Å². The van der Waals surface area contributed by atoms with E-state index in [-0.39, 0.29) is 0 Å². The molecule has 1 fully saturated rings. The van der Waals surface area contributed by atoms with Crippen molar-refractivity contribution in [3.8, 4) is 5.69 Å². The van der Waals surface area contributed by atoms with Gasteiger partial charge in [0.1, 0.15) is 0 Å². The maximum absolute atomic E-state index is 5.83.